The molecule has 0 heterocycles. The molecule has 6 nitrogen and oxygen atoms in total. The Hall–Kier alpha value is -2.34. The first-order valence-corrected chi connectivity index (χ1v) is 6.03. The van der Waals surface area contributed by atoms with E-state index in [4.69, 9.17) is 23.1 Å². The van der Waals surface area contributed by atoms with E-state index in [-0.39, 0.29) is 0 Å². The van der Waals surface area contributed by atoms with Gasteiger partial charge in [-0.3, -0.25) is 14.4 Å². The first-order chi connectivity index (χ1) is 9.32. The van der Waals surface area contributed by atoms with Crippen molar-refractivity contribution in [1.82, 2.24) is 5.32 Å². The summed E-state index contributed by atoms with van der Waals surface area (Å²) in [6, 6.07) is 5.41. The number of carbonyl (C=O) groups is 3. The zero-order valence-electron chi connectivity index (χ0n) is 10.7. The highest BCUT2D eigenvalue weighted by molar-refractivity contribution is 6.32. The summed E-state index contributed by atoms with van der Waals surface area (Å²) in [7, 11) is 0. The second kappa shape index (κ2) is 6.72. The Morgan fingerprint density at radius 1 is 1.20 bits per heavy atom. The van der Waals surface area contributed by atoms with Gasteiger partial charge in [0.15, 0.2) is 6.04 Å². The molecule has 0 saturated heterocycles. The number of rotatable bonds is 5. The van der Waals surface area contributed by atoms with Gasteiger partial charge in [0.1, 0.15) is 0 Å². The van der Waals surface area contributed by atoms with Gasteiger partial charge in [-0.2, -0.15) is 0 Å². The summed E-state index contributed by atoms with van der Waals surface area (Å²) in [5, 5.41) is 2.61. The highest BCUT2D eigenvalue weighted by Crippen LogP contribution is 2.22. The lowest BCUT2D eigenvalue weighted by atomic mass is 10.1. The molecular weight excluding hydrogens is 282 g/mol. The third-order valence-corrected chi connectivity index (χ3v) is 2.83. The number of benzene rings is 1. The van der Waals surface area contributed by atoms with E-state index in [0.717, 1.165) is 0 Å². The Labute approximate surface area is 120 Å². The molecule has 1 aromatic rings. The van der Waals surface area contributed by atoms with Gasteiger partial charge in [0, 0.05) is 11.1 Å². The lowest BCUT2D eigenvalue weighted by Gasteiger charge is -2.10. The molecule has 3 amide bonds. The number of nitrogens with two attached hydrogens (primary N) is 2. The van der Waals surface area contributed by atoms with Crippen LogP contribution in [0.15, 0.2) is 30.3 Å². The van der Waals surface area contributed by atoms with E-state index < -0.39 is 23.8 Å². The molecular formula is C13H14ClN3O3. The van der Waals surface area contributed by atoms with Crippen molar-refractivity contribution in [3.05, 3.63) is 40.9 Å². The smallest absolute Gasteiger partial charge is 0.249 e. The number of halogens is 1. The molecule has 0 aliphatic carbocycles. The number of nitrogens with one attached hydrogen (secondary N) is 1. The molecule has 0 atom stereocenters. The average Bonchev–Trinajstić information content (AvgIpc) is 2.35. The van der Waals surface area contributed by atoms with Crippen LogP contribution in [0.4, 0.5) is 0 Å². The van der Waals surface area contributed by atoms with Crippen molar-refractivity contribution >= 4 is 34.9 Å². The Bertz CT molecular complexity index is 570. The standard InChI is InChI=1S/C13H14ClN3O3/c1-7(8-4-2-3-5-9(8)14)6-10(18)17-11(12(15)19)13(16)20/h2-6,11H,1H3,(H2,15,19)(H2,16,20)(H,17,18)/b7-6-. The van der Waals surface area contributed by atoms with E-state index in [9.17, 15) is 14.4 Å². The van der Waals surface area contributed by atoms with Crippen molar-refractivity contribution in [2.75, 3.05) is 0 Å². The molecule has 1 aromatic carbocycles. The molecule has 7 heteroatoms. The van der Waals surface area contributed by atoms with Crippen LogP contribution in [-0.2, 0) is 14.4 Å². The minimum Gasteiger partial charge on any atom is -0.367 e. The van der Waals surface area contributed by atoms with Crippen LogP contribution in [0.3, 0.4) is 0 Å². The van der Waals surface area contributed by atoms with Gasteiger partial charge in [0.2, 0.25) is 17.7 Å². The largest absolute Gasteiger partial charge is 0.367 e. The van der Waals surface area contributed by atoms with Gasteiger partial charge in [0.25, 0.3) is 0 Å². The van der Waals surface area contributed by atoms with Crippen molar-refractivity contribution in [2.45, 2.75) is 13.0 Å². The average molecular weight is 296 g/mol. The maximum atomic E-state index is 11.7. The molecule has 0 spiro atoms. The summed E-state index contributed by atoms with van der Waals surface area (Å²) >= 11 is 5.99. The molecule has 106 valence electrons. The second-order valence-corrected chi connectivity index (χ2v) is 4.46. The van der Waals surface area contributed by atoms with Crippen LogP contribution < -0.4 is 16.8 Å². The van der Waals surface area contributed by atoms with Gasteiger partial charge in [0.05, 0.1) is 0 Å². The monoisotopic (exact) mass is 295 g/mol. The van der Waals surface area contributed by atoms with Crippen molar-refractivity contribution < 1.29 is 14.4 Å². The third kappa shape index (κ3) is 4.10. The van der Waals surface area contributed by atoms with Crippen LogP contribution in [0.1, 0.15) is 12.5 Å². The van der Waals surface area contributed by atoms with Crippen molar-refractivity contribution in [1.29, 1.82) is 0 Å². The van der Waals surface area contributed by atoms with Crippen LogP contribution in [0, 0.1) is 0 Å². The maximum absolute atomic E-state index is 11.7. The van der Waals surface area contributed by atoms with Gasteiger partial charge in [-0.05, 0) is 24.1 Å². The van der Waals surface area contributed by atoms with Crippen LogP contribution in [0.25, 0.3) is 5.57 Å². The quantitative estimate of drug-likeness (QED) is 0.532. The Morgan fingerprint density at radius 3 is 2.25 bits per heavy atom. The summed E-state index contributed by atoms with van der Waals surface area (Å²) in [5.74, 6) is -2.70. The van der Waals surface area contributed by atoms with Crippen molar-refractivity contribution in [3.8, 4) is 0 Å². The van der Waals surface area contributed by atoms with Crippen LogP contribution in [0.2, 0.25) is 5.02 Å². The molecule has 1 rings (SSSR count). The van der Waals surface area contributed by atoms with Crippen molar-refractivity contribution in [3.63, 3.8) is 0 Å². The van der Waals surface area contributed by atoms with Crippen molar-refractivity contribution in [2.24, 2.45) is 11.5 Å². The number of hydrogen-bond acceptors (Lipinski definition) is 3. The van der Waals surface area contributed by atoms with Crippen LogP contribution >= 0.6 is 11.6 Å². The Morgan fingerprint density at radius 2 is 1.75 bits per heavy atom. The summed E-state index contributed by atoms with van der Waals surface area (Å²) in [6.45, 7) is 1.67. The molecule has 0 unspecified atom stereocenters. The SMILES string of the molecule is C/C(=C/C(=O)NC(C(N)=O)C(N)=O)c1ccccc1Cl. The van der Waals surface area contributed by atoms with E-state index in [1.54, 1.807) is 31.2 Å². The highest BCUT2D eigenvalue weighted by Gasteiger charge is 2.23. The maximum Gasteiger partial charge on any atom is 0.249 e. The van der Waals surface area contributed by atoms with Crippen LogP contribution in [0.5, 0.6) is 0 Å². The number of hydrogen-bond donors (Lipinski definition) is 3. The molecule has 20 heavy (non-hydrogen) atoms. The van der Waals surface area contributed by atoms with E-state index in [1.165, 1.54) is 6.08 Å². The first kappa shape index (κ1) is 15.7. The fourth-order valence-corrected chi connectivity index (χ4v) is 1.81. The molecule has 0 bridgehead atoms. The van der Waals surface area contributed by atoms with Gasteiger partial charge >= 0.3 is 0 Å². The lowest BCUT2D eigenvalue weighted by Crippen LogP contribution is -2.52. The number of amides is 3. The number of carbonyl (C=O) groups excluding carboxylic acids is 3. The van der Waals surface area contributed by atoms with Gasteiger partial charge < -0.3 is 16.8 Å². The Balaban J connectivity index is 2.89. The fraction of sp³-hybridized carbons (Fsp3) is 0.154. The summed E-state index contributed by atoms with van der Waals surface area (Å²) in [6.07, 6.45) is 1.21. The van der Waals surface area contributed by atoms with E-state index >= 15 is 0 Å². The molecule has 0 saturated carbocycles. The molecule has 0 aromatic heterocycles. The summed E-state index contributed by atoms with van der Waals surface area (Å²) in [4.78, 5) is 33.6. The normalized spacial score (nSPS) is 11.2. The minimum absolute atomic E-state index is 0.482. The third-order valence-electron chi connectivity index (χ3n) is 2.50. The van der Waals surface area contributed by atoms with Gasteiger partial charge in [-0.1, -0.05) is 29.8 Å². The molecule has 0 aliphatic heterocycles. The van der Waals surface area contributed by atoms with E-state index in [0.29, 0.717) is 16.2 Å². The fourth-order valence-electron chi connectivity index (χ4n) is 1.52. The number of primary amides is 2. The minimum atomic E-state index is -1.54. The molecule has 0 radical (unpaired) electrons. The highest BCUT2D eigenvalue weighted by atomic mass is 35.5. The predicted octanol–water partition coefficient (Wildman–Crippen LogP) is 0.199. The van der Waals surface area contributed by atoms with Gasteiger partial charge in [-0.15, -0.1) is 0 Å². The zero-order chi connectivity index (χ0) is 15.3. The van der Waals surface area contributed by atoms with Gasteiger partial charge in [-0.25, -0.2) is 0 Å². The Kier molecular flexibility index (Phi) is 5.28. The second-order valence-electron chi connectivity index (χ2n) is 4.05. The number of allylic oxidation sites excluding steroid dienone is 1. The van der Waals surface area contributed by atoms with E-state index in [1.807, 2.05) is 0 Å². The predicted molar refractivity (Wildman–Crippen MR) is 75.4 cm³/mol. The molecule has 5 N–H and O–H groups in total. The van der Waals surface area contributed by atoms with Crippen LogP contribution in [-0.4, -0.2) is 23.8 Å². The lowest BCUT2D eigenvalue weighted by molar-refractivity contribution is -0.132. The zero-order valence-corrected chi connectivity index (χ0v) is 11.5. The molecule has 0 aliphatic rings. The topological polar surface area (TPSA) is 115 Å². The molecule has 0 fully saturated rings. The summed E-state index contributed by atoms with van der Waals surface area (Å²) < 4.78 is 0. The van der Waals surface area contributed by atoms with E-state index in [2.05, 4.69) is 5.32 Å². The first-order valence-electron chi connectivity index (χ1n) is 5.65. The summed E-state index contributed by atoms with van der Waals surface area (Å²) in [5.41, 5.74) is 11.1.